The zero-order chi connectivity index (χ0) is 16.0. The summed E-state index contributed by atoms with van der Waals surface area (Å²) >= 11 is 0. The molecule has 3 nitrogen and oxygen atoms in total. The van der Waals surface area contributed by atoms with Gasteiger partial charge in [-0.3, -0.25) is 0 Å². The zero-order valence-electron chi connectivity index (χ0n) is 13.8. The van der Waals surface area contributed by atoms with Gasteiger partial charge < -0.3 is 9.47 Å². The predicted molar refractivity (Wildman–Crippen MR) is 88.2 cm³/mol. The van der Waals surface area contributed by atoms with Crippen molar-refractivity contribution in [2.45, 2.75) is 64.6 Å². The third-order valence-corrected chi connectivity index (χ3v) is 3.54. The van der Waals surface area contributed by atoms with E-state index in [0.29, 0.717) is 0 Å². The van der Waals surface area contributed by atoms with Gasteiger partial charge in [-0.15, -0.1) is 0 Å². The van der Waals surface area contributed by atoms with E-state index in [-0.39, 0.29) is 17.8 Å². The van der Waals surface area contributed by atoms with Gasteiger partial charge in [0.25, 0.3) is 0 Å². The van der Waals surface area contributed by atoms with Gasteiger partial charge in [-0.25, -0.2) is 4.79 Å². The molecule has 1 aliphatic carbocycles. The standard InChI is InChI=1S/C19H26O3/c1-19(2,3)22-17(14-15-10-6-4-7-11-15)18(20)21-16-12-8-5-9-13-16/h4,6-7,10-11,14,16H,5,8-9,12-13H2,1-3H3. The first kappa shape index (κ1) is 16.6. The van der Waals surface area contributed by atoms with Crippen LogP contribution in [0.4, 0.5) is 0 Å². The van der Waals surface area contributed by atoms with E-state index in [0.717, 1.165) is 31.2 Å². The minimum absolute atomic E-state index is 0.0315. The summed E-state index contributed by atoms with van der Waals surface area (Å²) in [7, 11) is 0. The quantitative estimate of drug-likeness (QED) is 0.459. The second-order valence-corrected chi connectivity index (χ2v) is 6.80. The molecule has 1 fully saturated rings. The van der Waals surface area contributed by atoms with E-state index >= 15 is 0 Å². The first-order chi connectivity index (χ1) is 10.4. The Kier molecular flexibility index (Phi) is 5.64. The Bertz CT molecular complexity index is 505. The molecule has 1 aromatic rings. The van der Waals surface area contributed by atoms with Crippen LogP contribution in [0.15, 0.2) is 36.1 Å². The molecule has 0 aliphatic heterocycles. The van der Waals surface area contributed by atoms with Crippen LogP contribution in [0.5, 0.6) is 0 Å². The largest absolute Gasteiger partial charge is 0.481 e. The normalized spacial score (nSPS) is 17.1. The van der Waals surface area contributed by atoms with Crippen LogP contribution in [0.1, 0.15) is 58.4 Å². The summed E-state index contributed by atoms with van der Waals surface area (Å²) in [5, 5.41) is 0. The topological polar surface area (TPSA) is 35.5 Å². The number of rotatable bonds is 4. The molecule has 0 bridgehead atoms. The number of carbonyl (C=O) groups is 1. The van der Waals surface area contributed by atoms with E-state index in [1.165, 1.54) is 6.42 Å². The lowest BCUT2D eigenvalue weighted by Gasteiger charge is -2.26. The van der Waals surface area contributed by atoms with Gasteiger partial charge in [0.2, 0.25) is 5.76 Å². The highest BCUT2D eigenvalue weighted by Gasteiger charge is 2.24. The van der Waals surface area contributed by atoms with Crippen molar-refractivity contribution in [3.8, 4) is 0 Å². The number of carbonyl (C=O) groups excluding carboxylic acids is 1. The average Bonchev–Trinajstić information content (AvgIpc) is 2.47. The van der Waals surface area contributed by atoms with Crippen molar-refractivity contribution >= 4 is 12.0 Å². The highest BCUT2D eigenvalue weighted by atomic mass is 16.6. The molecule has 0 unspecified atom stereocenters. The van der Waals surface area contributed by atoms with Crippen LogP contribution in [-0.4, -0.2) is 17.7 Å². The number of hydrogen-bond acceptors (Lipinski definition) is 3. The van der Waals surface area contributed by atoms with Crippen molar-refractivity contribution in [2.24, 2.45) is 0 Å². The highest BCUT2D eigenvalue weighted by molar-refractivity contribution is 5.91. The molecule has 0 aromatic heterocycles. The molecule has 3 heteroatoms. The molecule has 1 aromatic carbocycles. The van der Waals surface area contributed by atoms with Crippen LogP contribution in [0, 0.1) is 0 Å². The van der Waals surface area contributed by atoms with Crippen LogP contribution in [-0.2, 0) is 14.3 Å². The van der Waals surface area contributed by atoms with E-state index in [4.69, 9.17) is 9.47 Å². The summed E-state index contributed by atoms with van der Waals surface area (Å²) in [6, 6.07) is 9.71. The second kappa shape index (κ2) is 7.48. The Hall–Kier alpha value is -1.77. The maximum atomic E-state index is 12.5. The van der Waals surface area contributed by atoms with Crippen LogP contribution in [0.25, 0.3) is 6.08 Å². The lowest BCUT2D eigenvalue weighted by atomic mass is 9.98. The van der Waals surface area contributed by atoms with Crippen molar-refractivity contribution in [1.29, 1.82) is 0 Å². The molecule has 120 valence electrons. The molecule has 2 rings (SSSR count). The predicted octanol–water partition coefficient (Wildman–Crippen LogP) is 4.72. The van der Waals surface area contributed by atoms with Crippen molar-refractivity contribution < 1.29 is 14.3 Å². The van der Waals surface area contributed by atoms with Gasteiger partial charge in [0, 0.05) is 0 Å². The molecule has 0 amide bonds. The molecule has 22 heavy (non-hydrogen) atoms. The first-order valence-corrected chi connectivity index (χ1v) is 8.11. The van der Waals surface area contributed by atoms with E-state index in [1.807, 2.05) is 51.1 Å². The van der Waals surface area contributed by atoms with Crippen LogP contribution in [0.3, 0.4) is 0 Å². The van der Waals surface area contributed by atoms with E-state index in [9.17, 15) is 4.79 Å². The van der Waals surface area contributed by atoms with Gasteiger partial charge in [-0.1, -0.05) is 36.8 Å². The van der Waals surface area contributed by atoms with E-state index in [2.05, 4.69) is 0 Å². The number of benzene rings is 1. The summed E-state index contributed by atoms with van der Waals surface area (Å²) in [5.41, 5.74) is 0.494. The summed E-state index contributed by atoms with van der Waals surface area (Å²) in [4.78, 5) is 12.5. The summed E-state index contributed by atoms with van der Waals surface area (Å²) in [6.45, 7) is 5.79. The molecule has 0 radical (unpaired) electrons. The zero-order valence-corrected chi connectivity index (χ0v) is 13.8. The molecular formula is C19H26O3. The summed E-state index contributed by atoms with van der Waals surface area (Å²) in [6.07, 6.45) is 7.21. The molecular weight excluding hydrogens is 276 g/mol. The Morgan fingerprint density at radius 3 is 2.32 bits per heavy atom. The van der Waals surface area contributed by atoms with E-state index < -0.39 is 5.60 Å². The Balaban J connectivity index is 2.12. The molecule has 1 aliphatic rings. The third kappa shape index (κ3) is 5.55. The van der Waals surface area contributed by atoms with Crippen molar-refractivity contribution in [3.05, 3.63) is 41.7 Å². The van der Waals surface area contributed by atoms with Gasteiger partial charge in [0.15, 0.2) is 0 Å². The first-order valence-electron chi connectivity index (χ1n) is 8.11. The summed E-state index contributed by atoms with van der Waals surface area (Å²) < 4.78 is 11.5. The van der Waals surface area contributed by atoms with Gasteiger partial charge in [-0.05, 0) is 58.1 Å². The van der Waals surface area contributed by atoms with Crippen LogP contribution < -0.4 is 0 Å². The fraction of sp³-hybridized carbons (Fsp3) is 0.526. The maximum Gasteiger partial charge on any atom is 0.373 e. The Labute approximate surface area is 133 Å². The summed E-state index contributed by atoms with van der Waals surface area (Å²) in [5.74, 6) is -0.0741. The average molecular weight is 302 g/mol. The Morgan fingerprint density at radius 2 is 1.73 bits per heavy atom. The van der Waals surface area contributed by atoms with Crippen molar-refractivity contribution in [1.82, 2.24) is 0 Å². The van der Waals surface area contributed by atoms with Crippen LogP contribution >= 0.6 is 0 Å². The molecule has 0 saturated heterocycles. The fourth-order valence-corrected chi connectivity index (χ4v) is 2.55. The third-order valence-electron chi connectivity index (χ3n) is 3.54. The fourth-order valence-electron chi connectivity index (χ4n) is 2.55. The number of esters is 1. The second-order valence-electron chi connectivity index (χ2n) is 6.80. The molecule has 1 saturated carbocycles. The SMILES string of the molecule is CC(C)(C)OC(=Cc1ccccc1)C(=O)OC1CCCCC1. The minimum Gasteiger partial charge on any atom is -0.481 e. The lowest BCUT2D eigenvalue weighted by molar-refractivity contribution is -0.152. The molecule has 0 heterocycles. The van der Waals surface area contributed by atoms with Gasteiger partial charge in [-0.2, -0.15) is 0 Å². The van der Waals surface area contributed by atoms with Crippen molar-refractivity contribution in [2.75, 3.05) is 0 Å². The van der Waals surface area contributed by atoms with E-state index in [1.54, 1.807) is 6.08 Å². The van der Waals surface area contributed by atoms with Gasteiger partial charge >= 0.3 is 5.97 Å². The molecule has 0 atom stereocenters. The maximum absolute atomic E-state index is 12.5. The number of ether oxygens (including phenoxy) is 2. The van der Waals surface area contributed by atoms with Gasteiger partial charge in [0.1, 0.15) is 11.7 Å². The minimum atomic E-state index is -0.438. The number of hydrogen-bond donors (Lipinski definition) is 0. The Morgan fingerprint density at radius 1 is 1.09 bits per heavy atom. The molecule has 0 N–H and O–H groups in total. The highest BCUT2D eigenvalue weighted by Crippen LogP contribution is 2.23. The smallest absolute Gasteiger partial charge is 0.373 e. The monoisotopic (exact) mass is 302 g/mol. The molecule has 0 spiro atoms. The van der Waals surface area contributed by atoms with Gasteiger partial charge in [0.05, 0.1) is 0 Å². The van der Waals surface area contributed by atoms with Crippen molar-refractivity contribution in [3.63, 3.8) is 0 Å². The lowest BCUT2D eigenvalue weighted by Crippen LogP contribution is -2.27. The van der Waals surface area contributed by atoms with Crippen LogP contribution in [0.2, 0.25) is 0 Å².